The Morgan fingerprint density at radius 2 is 1.82 bits per heavy atom. The van der Waals surface area contributed by atoms with Crippen molar-refractivity contribution in [1.82, 2.24) is 9.97 Å². The molecule has 2 heterocycles. The van der Waals surface area contributed by atoms with Crippen molar-refractivity contribution < 1.29 is 22.7 Å². The van der Waals surface area contributed by atoms with Crippen LogP contribution in [-0.4, -0.2) is 38.5 Å². The average molecular weight is 559 g/mol. The molecule has 11 heteroatoms. The third-order valence-electron chi connectivity index (χ3n) is 6.75. The fourth-order valence-electron chi connectivity index (χ4n) is 4.69. The number of sulfonamides is 1. The molecule has 1 fully saturated rings. The van der Waals surface area contributed by atoms with Crippen molar-refractivity contribution in [1.29, 1.82) is 0 Å². The Morgan fingerprint density at radius 1 is 1.08 bits per heavy atom. The topological polar surface area (TPSA) is 120 Å². The summed E-state index contributed by atoms with van der Waals surface area (Å²) in [7, 11) is -1.09. The number of amides is 1. The Balaban J connectivity index is 1.56. The number of nitrogens with one attached hydrogen (secondary N) is 2. The summed E-state index contributed by atoms with van der Waals surface area (Å²) in [5.74, 6) is 0.995. The van der Waals surface area contributed by atoms with E-state index < -0.39 is 10.0 Å². The van der Waals surface area contributed by atoms with Gasteiger partial charge >= 0.3 is 0 Å². The monoisotopic (exact) mass is 558 g/mol. The molecule has 0 saturated heterocycles. The summed E-state index contributed by atoms with van der Waals surface area (Å²) >= 11 is 1.33. The molecule has 1 aromatic carbocycles. The van der Waals surface area contributed by atoms with Gasteiger partial charge in [-0.25, -0.2) is 18.4 Å². The Labute approximate surface area is 228 Å². The molecule has 3 aromatic rings. The van der Waals surface area contributed by atoms with E-state index in [1.54, 1.807) is 31.2 Å². The van der Waals surface area contributed by atoms with Crippen LogP contribution in [-0.2, 0) is 14.8 Å². The first-order valence-corrected chi connectivity index (χ1v) is 15.0. The molecular weight excluding hydrogens is 524 g/mol. The standard InChI is InChI=1S/C27H34N4O5S2/c1-17-13-25(36-4)28-16-21(17)31-38(33,34)23-15-20(11-12-22(23)35-3)26-18(2)29-27(37-26)30-24(32)14-19-9-7-5-6-8-10-19/h11-13,15-16,19,31H,5-10,14H2,1-4H3,(H,29,30,32). The number of thiazole rings is 1. The molecule has 1 saturated carbocycles. The van der Waals surface area contributed by atoms with E-state index in [0.717, 1.165) is 17.7 Å². The van der Waals surface area contributed by atoms with Crippen LogP contribution in [0.25, 0.3) is 10.4 Å². The molecule has 2 N–H and O–H groups in total. The van der Waals surface area contributed by atoms with Gasteiger partial charge in [0.15, 0.2) is 5.13 Å². The molecule has 204 valence electrons. The first kappa shape index (κ1) is 27.8. The van der Waals surface area contributed by atoms with E-state index in [4.69, 9.17) is 9.47 Å². The second-order valence-corrected chi connectivity index (χ2v) is 12.2. The van der Waals surface area contributed by atoms with Crippen LogP contribution in [0.15, 0.2) is 35.4 Å². The summed E-state index contributed by atoms with van der Waals surface area (Å²) in [5, 5.41) is 3.46. The number of hydrogen-bond donors (Lipinski definition) is 2. The summed E-state index contributed by atoms with van der Waals surface area (Å²) in [6.45, 7) is 3.61. The van der Waals surface area contributed by atoms with E-state index in [1.165, 1.54) is 57.4 Å². The van der Waals surface area contributed by atoms with Gasteiger partial charge < -0.3 is 14.8 Å². The summed E-state index contributed by atoms with van der Waals surface area (Å²) < 4.78 is 39.9. The van der Waals surface area contributed by atoms with Gasteiger partial charge in [-0.2, -0.15) is 0 Å². The predicted octanol–water partition coefficient (Wildman–Crippen LogP) is 5.94. The number of aryl methyl sites for hydroxylation is 2. The number of rotatable bonds is 9. The number of carbonyl (C=O) groups is 1. The Kier molecular flexibility index (Phi) is 8.88. The highest BCUT2D eigenvalue weighted by molar-refractivity contribution is 7.92. The zero-order valence-electron chi connectivity index (χ0n) is 22.2. The van der Waals surface area contributed by atoms with Crippen molar-refractivity contribution in [2.75, 3.05) is 24.3 Å². The van der Waals surface area contributed by atoms with Crippen molar-refractivity contribution in [3.63, 3.8) is 0 Å². The predicted molar refractivity (Wildman–Crippen MR) is 150 cm³/mol. The molecule has 0 spiro atoms. The number of anilines is 2. The van der Waals surface area contributed by atoms with Crippen LogP contribution >= 0.6 is 11.3 Å². The van der Waals surface area contributed by atoms with Gasteiger partial charge in [0.2, 0.25) is 11.8 Å². The molecule has 1 aliphatic rings. The van der Waals surface area contributed by atoms with Crippen LogP contribution < -0.4 is 19.5 Å². The van der Waals surface area contributed by atoms with Crippen molar-refractivity contribution in [3.8, 4) is 22.1 Å². The molecule has 1 amide bonds. The second-order valence-electron chi connectivity index (χ2n) is 9.56. The number of aromatic nitrogens is 2. The van der Waals surface area contributed by atoms with Gasteiger partial charge in [0.05, 0.1) is 36.7 Å². The third-order valence-corrected chi connectivity index (χ3v) is 9.25. The molecule has 9 nitrogen and oxygen atoms in total. The summed E-state index contributed by atoms with van der Waals surface area (Å²) in [6, 6.07) is 6.62. The van der Waals surface area contributed by atoms with Gasteiger partial charge in [0, 0.05) is 12.5 Å². The Hall–Kier alpha value is -3.18. The minimum atomic E-state index is -4.01. The number of nitrogens with zero attached hydrogens (tertiary/aromatic N) is 2. The summed E-state index contributed by atoms with van der Waals surface area (Å²) in [4.78, 5) is 22.1. The van der Waals surface area contributed by atoms with Gasteiger partial charge in [0.25, 0.3) is 10.0 Å². The average Bonchev–Trinajstić information content (AvgIpc) is 3.07. The number of carbonyl (C=O) groups excluding carboxylic acids is 1. The lowest BCUT2D eigenvalue weighted by Gasteiger charge is -2.14. The SMILES string of the molecule is COc1cc(C)c(NS(=O)(=O)c2cc(-c3sc(NC(=O)CC4CCCCCC4)nc3C)ccc2OC)cn1. The van der Waals surface area contributed by atoms with E-state index in [9.17, 15) is 13.2 Å². The normalized spacial score (nSPS) is 14.5. The van der Waals surface area contributed by atoms with E-state index in [-0.39, 0.29) is 16.6 Å². The fourth-order valence-corrected chi connectivity index (χ4v) is 6.99. The maximum atomic E-state index is 13.4. The molecule has 4 rings (SSSR count). The zero-order valence-corrected chi connectivity index (χ0v) is 23.8. The third kappa shape index (κ3) is 6.63. The van der Waals surface area contributed by atoms with Crippen LogP contribution in [0.3, 0.4) is 0 Å². The van der Waals surface area contributed by atoms with Gasteiger partial charge in [-0.05, 0) is 61.9 Å². The number of ether oxygens (including phenoxy) is 2. The van der Waals surface area contributed by atoms with E-state index in [0.29, 0.717) is 45.9 Å². The molecule has 1 aliphatic carbocycles. The lowest BCUT2D eigenvalue weighted by Crippen LogP contribution is -2.16. The molecule has 2 aromatic heterocycles. The second kappa shape index (κ2) is 12.1. The first-order valence-electron chi connectivity index (χ1n) is 12.7. The number of benzene rings is 1. The lowest BCUT2D eigenvalue weighted by atomic mass is 9.96. The van der Waals surface area contributed by atoms with Crippen molar-refractivity contribution >= 4 is 38.1 Å². The van der Waals surface area contributed by atoms with Gasteiger partial charge in [-0.1, -0.05) is 37.0 Å². The highest BCUT2D eigenvalue weighted by Gasteiger charge is 2.24. The molecule has 0 radical (unpaired) electrons. The summed E-state index contributed by atoms with van der Waals surface area (Å²) in [6.07, 6.45) is 8.98. The fraction of sp³-hybridized carbons (Fsp3) is 0.444. The van der Waals surface area contributed by atoms with E-state index >= 15 is 0 Å². The highest BCUT2D eigenvalue weighted by Crippen LogP contribution is 2.37. The quantitative estimate of drug-likeness (QED) is 0.312. The minimum absolute atomic E-state index is 0.0144. The molecule has 38 heavy (non-hydrogen) atoms. The number of methoxy groups -OCH3 is 2. The van der Waals surface area contributed by atoms with Crippen LogP contribution in [0.5, 0.6) is 11.6 Å². The van der Waals surface area contributed by atoms with E-state index in [2.05, 4.69) is 20.0 Å². The summed E-state index contributed by atoms with van der Waals surface area (Å²) in [5.41, 5.74) is 2.37. The maximum absolute atomic E-state index is 13.4. The maximum Gasteiger partial charge on any atom is 0.265 e. The van der Waals surface area contributed by atoms with E-state index in [1.807, 2.05) is 6.92 Å². The molecule has 0 aliphatic heterocycles. The smallest absolute Gasteiger partial charge is 0.265 e. The molecule has 0 bridgehead atoms. The van der Waals surface area contributed by atoms with Crippen molar-refractivity contribution in [2.45, 2.75) is 63.7 Å². The Bertz CT molecular complexity index is 1400. The van der Waals surface area contributed by atoms with Gasteiger partial charge in [-0.15, -0.1) is 0 Å². The van der Waals surface area contributed by atoms with Crippen LogP contribution in [0.2, 0.25) is 0 Å². The van der Waals surface area contributed by atoms with Crippen LogP contribution in [0, 0.1) is 19.8 Å². The van der Waals surface area contributed by atoms with Gasteiger partial charge in [0.1, 0.15) is 10.6 Å². The van der Waals surface area contributed by atoms with Crippen LogP contribution in [0.4, 0.5) is 10.8 Å². The number of pyridine rings is 1. The molecular formula is C27H34N4O5S2. The zero-order chi connectivity index (χ0) is 27.3. The molecule has 0 unspecified atom stereocenters. The minimum Gasteiger partial charge on any atom is -0.495 e. The highest BCUT2D eigenvalue weighted by atomic mass is 32.2. The molecule has 0 atom stereocenters. The van der Waals surface area contributed by atoms with Crippen molar-refractivity contribution in [2.24, 2.45) is 5.92 Å². The van der Waals surface area contributed by atoms with Crippen LogP contribution in [0.1, 0.15) is 56.2 Å². The van der Waals surface area contributed by atoms with Crippen molar-refractivity contribution in [3.05, 3.63) is 41.7 Å². The number of hydrogen-bond acceptors (Lipinski definition) is 8. The Morgan fingerprint density at radius 3 is 2.47 bits per heavy atom. The lowest BCUT2D eigenvalue weighted by molar-refractivity contribution is -0.117. The largest absolute Gasteiger partial charge is 0.495 e. The first-order chi connectivity index (χ1) is 18.2. The van der Waals surface area contributed by atoms with Gasteiger partial charge in [-0.3, -0.25) is 9.52 Å².